The minimum absolute atomic E-state index is 0.168. The highest BCUT2D eigenvalue weighted by Gasteiger charge is 2.25. The van der Waals surface area contributed by atoms with E-state index in [0.29, 0.717) is 17.7 Å². The highest BCUT2D eigenvalue weighted by atomic mass is 16.3. The van der Waals surface area contributed by atoms with E-state index in [2.05, 4.69) is 5.32 Å². The molecule has 170 valence electrons. The summed E-state index contributed by atoms with van der Waals surface area (Å²) in [6.45, 7) is 0.584. The number of anilines is 2. The molecule has 0 atom stereocenters. The summed E-state index contributed by atoms with van der Waals surface area (Å²) >= 11 is 0. The summed E-state index contributed by atoms with van der Waals surface area (Å²) in [7, 11) is 0. The molecular formula is C28H24N2O4. The number of phenols is 1. The highest BCUT2D eigenvalue weighted by molar-refractivity contribution is 6.10. The van der Waals surface area contributed by atoms with E-state index in [1.807, 2.05) is 42.5 Å². The van der Waals surface area contributed by atoms with Gasteiger partial charge in [0, 0.05) is 30.2 Å². The Balaban J connectivity index is 1.38. The van der Waals surface area contributed by atoms with Crippen molar-refractivity contribution in [1.29, 1.82) is 0 Å². The quantitative estimate of drug-likeness (QED) is 0.378. The molecule has 0 saturated heterocycles. The van der Waals surface area contributed by atoms with Gasteiger partial charge in [-0.05, 0) is 48.2 Å². The lowest BCUT2D eigenvalue weighted by molar-refractivity contribution is 0.0985. The Bertz CT molecular complexity index is 1340. The number of nitrogens with one attached hydrogen (secondary N) is 1. The summed E-state index contributed by atoms with van der Waals surface area (Å²) < 4.78 is 5.53. The molecule has 1 aliphatic heterocycles. The van der Waals surface area contributed by atoms with E-state index in [0.717, 1.165) is 41.8 Å². The van der Waals surface area contributed by atoms with Crippen LogP contribution in [0.2, 0.25) is 0 Å². The molecule has 34 heavy (non-hydrogen) atoms. The van der Waals surface area contributed by atoms with E-state index in [1.54, 1.807) is 41.5 Å². The van der Waals surface area contributed by atoms with Gasteiger partial charge in [-0.15, -0.1) is 0 Å². The molecule has 0 spiro atoms. The molecular weight excluding hydrogens is 428 g/mol. The normalized spacial score (nSPS) is 13.1. The number of aromatic hydroxyl groups is 1. The van der Waals surface area contributed by atoms with Crippen LogP contribution in [0, 0.1) is 0 Å². The van der Waals surface area contributed by atoms with E-state index in [-0.39, 0.29) is 23.3 Å². The number of phenolic OH excluding ortho intramolecular Hbond substituents is 1. The van der Waals surface area contributed by atoms with Gasteiger partial charge in [0.05, 0.1) is 17.6 Å². The summed E-state index contributed by atoms with van der Waals surface area (Å²) in [5, 5.41) is 13.4. The van der Waals surface area contributed by atoms with Crippen LogP contribution in [0.1, 0.15) is 39.3 Å². The summed E-state index contributed by atoms with van der Waals surface area (Å²) in [6.07, 6.45) is 4.22. The number of nitrogens with zero attached hydrogens (tertiary/aromatic N) is 1. The zero-order valence-electron chi connectivity index (χ0n) is 18.5. The second-order valence-corrected chi connectivity index (χ2v) is 8.24. The second-order valence-electron chi connectivity index (χ2n) is 8.24. The van der Waals surface area contributed by atoms with Crippen molar-refractivity contribution >= 4 is 23.2 Å². The Labute approximate surface area is 197 Å². The van der Waals surface area contributed by atoms with E-state index < -0.39 is 0 Å². The Morgan fingerprint density at radius 3 is 2.53 bits per heavy atom. The van der Waals surface area contributed by atoms with Gasteiger partial charge < -0.3 is 19.7 Å². The van der Waals surface area contributed by atoms with E-state index in [4.69, 9.17) is 4.42 Å². The number of furan rings is 1. The number of amides is 2. The monoisotopic (exact) mass is 452 g/mol. The zero-order chi connectivity index (χ0) is 23.5. The third-order valence-electron chi connectivity index (χ3n) is 6.04. The van der Waals surface area contributed by atoms with Crippen molar-refractivity contribution in [2.24, 2.45) is 0 Å². The first-order chi connectivity index (χ1) is 16.6. The van der Waals surface area contributed by atoms with Crippen LogP contribution in [0.4, 0.5) is 11.4 Å². The first-order valence-electron chi connectivity index (χ1n) is 11.3. The smallest absolute Gasteiger partial charge is 0.258 e. The average Bonchev–Trinajstić information content (AvgIpc) is 3.24. The predicted molar refractivity (Wildman–Crippen MR) is 131 cm³/mol. The number of aryl methyl sites for hydroxylation is 1. The minimum atomic E-state index is -0.343. The van der Waals surface area contributed by atoms with Crippen molar-refractivity contribution in [2.75, 3.05) is 16.8 Å². The van der Waals surface area contributed by atoms with Gasteiger partial charge in [0.1, 0.15) is 11.5 Å². The van der Waals surface area contributed by atoms with E-state index in [9.17, 15) is 14.7 Å². The number of fused-ring (bicyclic) bond motifs is 1. The molecule has 0 radical (unpaired) electrons. The van der Waals surface area contributed by atoms with Gasteiger partial charge in [0.2, 0.25) is 0 Å². The topological polar surface area (TPSA) is 82.8 Å². The third-order valence-corrected chi connectivity index (χ3v) is 6.04. The van der Waals surface area contributed by atoms with Gasteiger partial charge in [-0.2, -0.15) is 0 Å². The number of carbonyl (C=O) groups excluding carboxylic acids is 2. The maximum atomic E-state index is 13.2. The largest absolute Gasteiger partial charge is 0.506 e. The van der Waals surface area contributed by atoms with Gasteiger partial charge in [-0.3, -0.25) is 9.59 Å². The standard InChI is InChI=1S/C28H24N2O4/c31-25-18-20(28(33)30-16-7-6-12-26-24(30)15-17-34-26)13-14-23(25)29-27(32)22-11-5-4-10-21(22)19-8-2-1-3-9-19/h1-5,8-11,13-15,17-18,31H,6-7,12,16H2,(H,29,32). The summed E-state index contributed by atoms with van der Waals surface area (Å²) in [4.78, 5) is 28.0. The lowest BCUT2D eigenvalue weighted by Crippen LogP contribution is -2.31. The van der Waals surface area contributed by atoms with Gasteiger partial charge in [-0.25, -0.2) is 0 Å². The van der Waals surface area contributed by atoms with Crippen LogP contribution >= 0.6 is 0 Å². The van der Waals surface area contributed by atoms with Crippen LogP contribution in [-0.4, -0.2) is 23.5 Å². The SMILES string of the molecule is O=C(Nc1ccc(C(=O)N2CCCCc3occc32)cc1O)c1ccccc1-c1ccccc1. The van der Waals surface area contributed by atoms with E-state index >= 15 is 0 Å². The molecule has 4 aromatic rings. The maximum absolute atomic E-state index is 13.2. The van der Waals surface area contributed by atoms with Gasteiger partial charge in [-0.1, -0.05) is 48.5 Å². The van der Waals surface area contributed by atoms with Crippen LogP contribution in [0.15, 0.2) is 89.5 Å². The fourth-order valence-electron chi connectivity index (χ4n) is 4.31. The molecule has 2 heterocycles. The van der Waals surface area contributed by atoms with Crippen molar-refractivity contribution in [1.82, 2.24) is 0 Å². The zero-order valence-corrected chi connectivity index (χ0v) is 18.5. The number of hydrogen-bond acceptors (Lipinski definition) is 4. The Morgan fingerprint density at radius 2 is 1.71 bits per heavy atom. The van der Waals surface area contributed by atoms with Crippen LogP contribution in [0.3, 0.4) is 0 Å². The molecule has 5 rings (SSSR count). The van der Waals surface area contributed by atoms with Crippen LogP contribution < -0.4 is 10.2 Å². The number of benzene rings is 3. The van der Waals surface area contributed by atoms with Gasteiger partial charge >= 0.3 is 0 Å². The highest BCUT2D eigenvalue weighted by Crippen LogP contribution is 2.31. The van der Waals surface area contributed by atoms with Gasteiger partial charge in [0.25, 0.3) is 11.8 Å². The van der Waals surface area contributed by atoms with Crippen LogP contribution in [0.25, 0.3) is 11.1 Å². The summed E-state index contributed by atoms with van der Waals surface area (Å²) in [6, 6.07) is 23.3. The number of hydrogen-bond donors (Lipinski definition) is 2. The Kier molecular flexibility index (Phi) is 5.87. The molecule has 1 aromatic heterocycles. The molecule has 2 amide bonds. The van der Waals surface area contributed by atoms with Gasteiger partial charge in [0.15, 0.2) is 0 Å². The molecule has 2 N–H and O–H groups in total. The summed E-state index contributed by atoms with van der Waals surface area (Å²) in [5.74, 6) is 0.0752. The van der Waals surface area contributed by atoms with Crippen molar-refractivity contribution in [3.05, 3.63) is 102 Å². The average molecular weight is 453 g/mol. The lowest BCUT2D eigenvalue weighted by atomic mass is 9.99. The second kappa shape index (κ2) is 9.27. The number of carbonyl (C=O) groups is 2. The molecule has 6 nitrogen and oxygen atoms in total. The van der Waals surface area contributed by atoms with Crippen LogP contribution in [0.5, 0.6) is 5.75 Å². The first-order valence-corrected chi connectivity index (χ1v) is 11.3. The van der Waals surface area contributed by atoms with Crippen molar-refractivity contribution in [3.8, 4) is 16.9 Å². The fourth-order valence-corrected chi connectivity index (χ4v) is 4.31. The minimum Gasteiger partial charge on any atom is -0.506 e. The molecule has 0 unspecified atom stereocenters. The summed E-state index contributed by atoms with van der Waals surface area (Å²) in [5.41, 5.74) is 3.57. The third kappa shape index (κ3) is 4.18. The molecule has 1 aliphatic rings. The predicted octanol–water partition coefficient (Wildman–Crippen LogP) is 5.89. The molecule has 0 fully saturated rings. The number of rotatable bonds is 4. The van der Waals surface area contributed by atoms with Crippen molar-refractivity contribution in [3.63, 3.8) is 0 Å². The van der Waals surface area contributed by atoms with Crippen molar-refractivity contribution in [2.45, 2.75) is 19.3 Å². The molecule has 0 bridgehead atoms. The maximum Gasteiger partial charge on any atom is 0.258 e. The van der Waals surface area contributed by atoms with Crippen molar-refractivity contribution < 1.29 is 19.1 Å². The Hall–Kier alpha value is -4.32. The van der Waals surface area contributed by atoms with Crippen LogP contribution in [-0.2, 0) is 6.42 Å². The Morgan fingerprint density at radius 1 is 0.912 bits per heavy atom. The van der Waals surface area contributed by atoms with E-state index in [1.165, 1.54) is 6.07 Å². The molecule has 0 saturated carbocycles. The lowest BCUT2D eigenvalue weighted by Gasteiger charge is -2.21. The molecule has 6 heteroatoms. The molecule has 3 aromatic carbocycles. The first kappa shape index (κ1) is 21.5. The molecule has 0 aliphatic carbocycles. The fraction of sp³-hybridized carbons (Fsp3) is 0.143.